The summed E-state index contributed by atoms with van der Waals surface area (Å²) >= 11 is 11.5. The summed E-state index contributed by atoms with van der Waals surface area (Å²) in [6.07, 6.45) is 1.11. The third-order valence-corrected chi connectivity index (χ3v) is 2.39. The Bertz CT molecular complexity index is 507. The zero-order valence-electron chi connectivity index (χ0n) is 8.58. The Morgan fingerprint density at radius 1 is 1.53 bits per heavy atom. The molecule has 0 aliphatic heterocycles. The van der Waals surface area contributed by atoms with E-state index in [1.807, 2.05) is 0 Å². The minimum Gasteiger partial charge on any atom is -0.392 e. The molecule has 0 saturated carbocycles. The predicted molar refractivity (Wildman–Crippen MR) is 65.9 cm³/mol. The van der Waals surface area contributed by atoms with E-state index in [4.69, 9.17) is 33.6 Å². The average molecular weight is 271 g/mol. The molecule has 0 aliphatic carbocycles. The van der Waals surface area contributed by atoms with Gasteiger partial charge in [-0.05, 0) is 24.3 Å². The van der Waals surface area contributed by atoms with Crippen molar-refractivity contribution in [2.75, 3.05) is 11.9 Å². The summed E-state index contributed by atoms with van der Waals surface area (Å²) < 4.78 is 0. The Labute approximate surface area is 108 Å². The van der Waals surface area contributed by atoms with Crippen LogP contribution in [0.1, 0.15) is 0 Å². The van der Waals surface area contributed by atoms with E-state index in [0.717, 1.165) is 6.08 Å². The molecule has 0 fully saturated rings. The van der Waals surface area contributed by atoms with E-state index in [0.29, 0.717) is 10.7 Å². The first-order chi connectivity index (χ1) is 8.08. The van der Waals surface area contributed by atoms with Crippen LogP contribution in [0, 0.1) is 11.3 Å². The van der Waals surface area contributed by atoms with Gasteiger partial charge in [-0.2, -0.15) is 5.26 Å². The summed E-state index contributed by atoms with van der Waals surface area (Å²) in [6.45, 7) is -0.384. The number of hydrogen-bond acceptors (Lipinski definition) is 3. The molecule has 0 unspecified atom stereocenters. The number of carbonyl (C=O) groups excluding carboxylic acids is 1. The fourth-order valence-corrected chi connectivity index (χ4v) is 1.52. The topological polar surface area (TPSA) is 73.1 Å². The maximum absolute atomic E-state index is 11.6. The SMILES string of the molecule is N#CC(=CCO)C(=O)Nc1ccc(Cl)cc1Cl. The zero-order chi connectivity index (χ0) is 12.8. The average Bonchev–Trinajstić information content (AvgIpc) is 2.29. The van der Waals surface area contributed by atoms with E-state index in [1.165, 1.54) is 12.1 Å². The number of anilines is 1. The molecule has 0 bridgehead atoms. The van der Waals surface area contributed by atoms with E-state index in [2.05, 4.69) is 5.32 Å². The van der Waals surface area contributed by atoms with Crippen molar-refractivity contribution >= 4 is 34.8 Å². The molecule has 0 atom stereocenters. The van der Waals surface area contributed by atoms with Gasteiger partial charge in [0.15, 0.2) is 0 Å². The Morgan fingerprint density at radius 3 is 2.76 bits per heavy atom. The highest BCUT2D eigenvalue weighted by molar-refractivity contribution is 6.36. The quantitative estimate of drug-likeness (QED) is 0.654. The molecule has 1 rings (SSSR count). The maximum atomic E-state index is 11.6. The molecule has 0 saturated heterocycles. The van der Waals surface area contributed by atoms with Gasteiger partial charge in [-0.15, -0.1) is 0 Å². The predicted octanol–water partition coefficient (Wildman–Crippen LogP) is 2.37. The van der Waals surface area contributed by atoms with Crippen molar-refractivity contribution in [2.45, 2.75) is 0 Å². The molecule has 4 nitrogen and oxygen atoms in total. The second-order valence-corrected chi connectivity index (χ2v) is 3.83. The van der Waals surface area contributed by atoms with Gasteiger partial charge >= 0.3 is 0 Å². The molecule has 2 N–H and O–H groups in total. The molecule has 0 aliphatic rings. The lowest BCUT2D eigenvalue weighted by atomic mass is 10.2. The van der Waals surface area contributed by atoms with Crippen LogP contribution in [0.3, 0.4) is 0 Å². The normalized spacial score (nSPS) is 10.8. The van der Waals surface area contributed by atoms with E-state index >= 15 is 0 Å². The number of nitrogens with one attached hydrogen (secondary N) is 1. The smallest absolute Gasteiger partial charge is 0.266 e. The Kier molecular flexibility index (Phi) is 4.98. The highest BCUT2D eigenvalue weighted by Crippen LogP contribution is 2.25. The molecular formula is C11H8Cl2N2O2. The number of hydrogen-bond donors (Lipinski definition) is 2. The van der Waals surface area contributed by atoms with Crippen LogP contribution in [-0.4, -0.2) is 17.6 Å². The van der Waals surface area contributed by atoms with Crippen LogP contribution in [0.15, 0.2) is 29.8 Å². The molecule has 88 valence electrons. The number of rotatable bonds is 3. The minimum atomic E-state index is -0.634. The number of benzene rings is 1. The fraction of sp³-hybridized carbons (Fsp3) is 0.0909. The first-order valence-electron chi connectivity index (χ1n) is 4.56. The Morgan fingerprint density at radius 2 is 2.24 bits per heavy atom. The zero-order valence-corrected chi connectivity index (χ0v) is 10.1. The molecule has 1 amide bonds. The molecule has 6 heteroatoms. The lowest BCUT2D eigenvalue weighted by Crippen LogP contribution is -2.14. The van der Waals surface area contributed by atoms with Crippen LogP contribution in [0.2, 0.25) is 10.0 Å². The van der Waals surface area contributed by atoms with Crippen molar-refractivity contribution in [2.24, 2.45) is 0 Å². The molecular weight excluding hydrogens is 263 g/mol. The molecule has 0 heterocycles. The number of nitriles is 1. The Balaban J connectivity index is 2.89. The van der Waals surface area contributed by atoms with Crippen molar-refractivity contribution in [3.8, 4) is 6.07 Å². The first-order valence-corrected chi connectivity index (χ1v) is 5.31. The summed E-state index contributed by atoms with van der Waals surface area (Å²) in [5.74, 6) is -0.634. The molecule has 17 heavy (non-hydrogen) atoms. The highest BCUT2D eigenvalue weighted by Gasteiger charge is 2.10. The Hall–Kier alpha value is -1.54. The second-order valence-electron chi connectivity index (χ2n) is 2.99. The number of nitrogens with zero attached hydrogens (tertiary/aromatic N) is 1. The summed E-state index contributed by atoms with van der Waals surface area (Å²) in [5, 5.41) is 20.5. The lowest BCUT2D eigenvalue weighted by molar-refractivity contribution is -0.112. The van der Waals surface area contributed by atoms with Gasteiger partial charge in [0.2, 0.25) is 0 Å². The monoisotopic (exact) mass is 270 g/mol. The van der Waals surface area contributed by atoms with Crippen molar-refractivity contribution < 1.29 is 9.90 Å². The maximum Gasteiger partial charge on any atom is 0.266 e. The van der Waals surface area contributed by atoms with E-state index in [1.54, 1.807) is 12.1 Å². The number of amides is 1. The summed E-state index contributed by atoms with van der Waals surface area (Å²) in [4.78, 5) is 11.6. The molecule has 0 spiro atoms. The van der Waals surface area contributed by atoms with Crippen LogP contribution in [0.4, 0.5) is 5.69 Å². The van der Waals surface area contributed by atoms with Gasteiger partial charge in [-0.1, -0.05) is 23.2 Å². The number of aliphatic hydroxyl groups is 1. The van der Waals surface area contributed by atoms with Gasteiger partial charge < -0.3 is 10.4 Å². The molecule has 0 radical (unpaired) electrons. The first kappa shape index (κ1) is 13.5. The van der Waals surface area contributed by atoms with Gasteiger partial charge in [0.25, 0.3) is 5.91 Å². The number of halogens is 2. The third kappa shape index (κ3) is 3.75. The van der Waals surface area contributed by atoms with Crippen molar-refractivity contribution in [3.05, 3.63) is 39.9 Å². The van der Waals surface area contributed by atoms with Crippen molar-refractivity contribution in [3.63, 3.8) is 0 Å². The molecule has 1 aromatic carbocycles. The largest absolute Gasteiger partial charge is 0.392 e. The third-order valence-electron chi connectivity index (χ3n) is 1.84. The van der Waals surface area contributed by atoms with Crippen LogP contribution in [-0.2, 0) is 4.79 Å². The molecule has 1 aromatic rings. The summed E-state index contributed by atoms with van der Waals surface area (Å²) in [6, 6.07) is 6.23. The number of aliphatic hydroxyl groups excluding tert-OH is 1. The fourth-order valence-electron chi connectivity index (χ4n) is 1.06. The van der Waals surface area contributed by atoms with Gasteiger partial charge in [0.1, 0.15) is 11.6 Å². The van der Waals surface area contributed by atoms with Crippen LogP contribution in [0.5, 0.6) is 0 Å². The van der Waals surface area contributed by atoms with Gasteiger partial charge in [0, 0.05) is 5.02 Å². The summed E-state index contributed by atoms with van der Waals surface area (Å²) in [5.41, 5.74) is 0.165. The standard InChI is InChI=1S/C11H8Cl2N2O2/c12-8-1-2-10(9(13)5-8)15-11(17)7(6-14)3-4-16/h1-3,5,16H,4H2,(H,15,17). The minimum absolute atomic E-state index is 0.182. The lowest BCUT2D eigenvalue weighted by Gasteiger charge is -2.06. The van der Waals surface area contributed by atoms with Gasteiger partial charge in [0.05, 0.1) is 17.3 Å². The second kappa shape index (κ2) is 6.26. The van der Waals surface area contributed by atoms with Gasteiger partial charge in [-0.3, -0.25) is 4.79 Å². The summed E-state index contributed by atoms with van der Waals surface area (Å²) in [7, 11) is 0. The van der Waals surface area contributed by atoms with Crippen molar-refractivity contribution in [1.82, 2.24) is 0 Å². The van der Waals surface area contributed by atoms with E-state index < -0.39 is 5.91 Å². The van der Waals surface area contributed by atoms with Crippen molar-refractivity contribution in [1.29, 1.82) is 5.26 Å². The highest BCUT2D eigenvalue weighted by atomic mass is 35.5. The molecule has 0 aromatic heterocycles. The van der Waals surface area contributed by atoms with Crippen LogP contribution >= 0.6 is 23.2 Å². The van der Waals surface area contributed by atoms with Crippen LogP contribution < -0.4 is 5.32 Å². The number of carbonyl (C=O) groups is 1. The van der Waals surface area contributed by atoms with Crippen LogP contribution in [0.25, 0.3) is 0 Å². The van der Waals surface area contributed by atoms with E-state index in [9.17, 15) is 4.79 Å². The van der Waals surface area contributed by atoms with E-state index in [-0.39, 0.29) is 17.2 Å². The van der Waals surface area contributed by atoms with Gasteiger partial charge in [-0.25, -0.2) is 0 Å².